The molecule has 2 heterocycles. The molecule has 0 saturated carbocycles. The van der Waals surface area contributed by atoms with Gasteiger partial charge in [0.1, 0.15) is 0 Å². The summed E-state index contributed by atoms with van der Waals surface area (Å²) in [5.41, 5.74) is 1.14. The van der Waals surface area contributed by atoms with Crippen molar-refractivity contribution in [1.29, 1.82) is 0 Å². The number of benzene rings is 1. The van der Waals surface area contributed by atoms with Crippen molar-refractivity contribution in [3.05, 3.63) is 54.4 Å². The molecule has 0 radical (unpaired) electrons. The lowest BCUT2D eigenvalue weighted by molar-refractivity contribution is -0.122. The van der Waals surface area contributed by atoms with Gasteiger partial charge in [0.25, 0.3) is 0 Å². The van der Waals surface area contributed by atoms with Crippen molar-refractivity contribution in [2.75, 3.05) is 13.1 Å². The zero-order valence-corrected chi connectivity index (χ0v) is 14.3. The molecule has 1 aliphatic heterocycles. The van der Waals surface area contributed by atoms with Gasteiger partial charge >= 0.3 is 0 Å². The van der Waals surface area contributed by atoms with Crippen LogP contribution in [0.4, 0.5) is 0 Å². The van der Waals surface area contributed by atoms with Gasteiger partial charge in [0.05, 0.1) is 12.6 Å². The molecule has 1 saturated heterocycles. The molecule has 2 unspecified atom stereocenters. The van der Waals surface area contributed by atoms with Crippen molar-refractivity contribution in [1.82, 2.24) is 20.0 Å². The van der Waals surface area contributed by atoms with E-state index in [0.29, 0.717) is 12.5 Å². The normalized spacial score (nSPS) is 19.3. The highest BCUT2D eigenvalue weighted by atomic mass is 16.1. The van der Waals surface area contributed by atoms with Crippen LogP contribution in [0.15, 0.2) is 48.8 Å². The predicted molar refractivity (Wildman–Crippen MR) is 94.4 cm³/mol. The Morgan fingerprint density at radius 3 is 2.92 bits per heavy atom. The summed E-state index contributed by atoms with van der Waals surface area (Å²) in [5.74, 6) is 0.121. The van der Waals surface area contributed by atoms with E-state index in [-0.39, 0.29) is 11.9 Å². The fraction of sp³-hybridized carbons (Fsp3) is 0.474. The summed E-state index contributed by atoms with van der Waals surface area (Å²) in [6.07, 6.45) is 6.76. The van der Waals surface area contributed by atoms with Gasteiger partial charge in [0, 0.05) is 31.4 Å². The van der Waals surface area contributed by atoms with Gasteiger partial charge in [-0.1, -0.05) is 30.3 Å². The third kappa shape index (κ3) is 4.45. The second-order valence-electron chi connectivity index (χ2n) is 6.51. The SMILES string of the molecule is CC(NC(=O)CCN1CCCC1Cn1cccn1)c1ccccc1. The summed E-state index contributed by atoms with van der Waals surface area (Å²) in [4.78, 5) is 14.7. The Kier molecular flexibility index (Phi) is 5.64. The summed E-state index contributed by atoms with van der Waals surface area (Å²) in [5, 5.41) is 7.39. The average molecular weight is 326 g/mol. The van der Waals surface area contributed by atoms with Crippen LogP contribution in [-0.4, -0.2) is 39.7 Å². The first-order valence-electron chi connectivity index (χ1n) is 8.78. The Hall–Kier alpha value is -2.14. The smallest absolute Gasteiger partial charge is 0.221 e. The lowest BCUT2D eigenvalue weighted by atomic mass is 10.1. The molecule has 1 aromatic carbocycles. The maximum Gasteiger partial charge on any atom is 0.221 e. The third-order valence-electron chi connectivity index (χ3n) is 4.76. The highest BCUT2D eigenvalue weighted by Crippen LogP contribution is 2.19. The van der Waals surface area contributed by atoms with Gasteiger partial charge in [0.15, 0.2) is 0 Å². The molecule has 5 heteroatoms. The first kappa shape index (κ1) is 16.7. The quantitative estimate of drug-likeness (QED) is 0.851. The molecule has 1 N–H and O–H groups in total. The second kappa shape index (κ2) is 8.11. The van der Waals surface area contributed by atoms with E-state index in [1.807, 2.05) is 60.4 Å². The van der Waals surface area contributed by atoms with Crippen molar-refractivity contribution >= 4 is 5.91 Å². The van der Waals surface area contributed by atoms with Crippen LogP contribution in [-0.2, 0) is 11.3 Å². The fourth-order valence-electron chi connectivity index (χ4n) is 3.40. The molecule has 1 fully saturated rings. The monoisotopic (exact) mass is 326 g/mol. The highest BCUT2D eigenvalue weighted by Gasteiger charge is 2.25. The van der Waals surface area contributed by atoms with Crippen LogP contribution in [0.25, 0.3) is 0 Å². The summed E-state index contributed by atoms with van der Waals surface area (Å²) < 4.78 is 1.99. The van der Waals surface area contributed by atoms with Crippen LogP contribution < -0.4 is 5.32 Å². The van der Waals surface area contributed by atoms with Gasteiger partial charge in [-0.15, -0.1) is 0 Å². The number of nitrogens with one attached hydrogen (secondary N) is 1. The van der Waals surface area contributed by atoms with E-state index in [1.165, 1.54) is 12.8 Å². The molecule has 2 aromatic rings. The van der Waals surface area contributed by atoms with Gasteiger partial charge in [0.2, 0.25) is 5.91 Å². The van der Waals surface area contributed by atoms with E-state index >= 15 is 0 Å². The van der Waals surface area contributed by atoms with E-state index in [0.717, 1.165) is 25.2 Å². The van der Waals surface area contributed by atoms with Gasteiger partial charge in [-0.05, 0) is 37.9 Å². The zero-order chi connectivity index (χ0) is 16.8. The fourth-order valence-corrected chi connectivity index (χ4v) is 3.40. The maximum atomic E-state index is 12.3. The number of carbonyl (C=O) groups excluding carboxylic acids is 1. The maximum absolute atomic E-state index is 12.3. The molecule has 128 valence electrons. The molecule has 1 amide bonds. The van der Waals surface area contributed by atoms with Crippen molar-refractivity contribution < 1.29 is 4.79 Å². The van der Waals surface area contributed by atoms with Crippen LogP contribution >= 0.6 is 0 Å². The van der Waals surface area contributed by atoms with E-state index in [9.17, 15) is 4.79 Å². The number of rotatable bonds is 7. The van der Waals surface area contributed by atoms with Gasteiger partial charge in [-0.2, -0.15) is 5.10 Å². The minimum absolute atomic E-state index is 0.0529. The zero-order valence-electron chi connectivity index (χ0n) is 14.3. The van der Waals surface area contributed by atoms with E-state index in [1.54, 1.807) is 0 Å². The molecule has 0 aliphatic carbocycles. The molecular formula is C19H26N4O. The third-order valence-corrected chi connectivity index (χ3v) is 4.76. The molecule has 1 aliphatic rings. The van der Waals surface area contributed by atoms with Gasteiger partial charge < -0.3 is 5.32 Å². The number of hydrogen-bond acceptors (Lipinski definition) is 3. The predicted octanol–water partition coefficient (Wildman–Crippen LogP) is 2.62. The van der Waals surface area contributed by atoms with Crippen molar-refractivity contribution in [3.8, 4) is 0 Å². The number of amides is 1. The molecule has 5 nitrogen and oxygen atoms in total. The molecule has 0 bridgehead atoms. The molecule has 24 heavy (non-hydrogen) atoms. The number of carbonyl (C=O) groups is 1. The van der Waals surface area contributed by atoms with Crippen LogP contribution in [0.2, 0.25) is 0 Å². The Balaban J connectivity index is 1.45. The summed E-state index contributed by atoms with van der Waals surface area (Å²) in [6.45, 7) is 4.84. The summed E-state index contributed by atoms with van der Waals surface area (Å²) in [6, 6.07) is 12.6. The van der Waals surface area contributed by atoms with Crippen LogP contribution in [0.1, 0.15) is 37.8 Å². The Labute approximate surface area is 143 Å². The molecule has 0 spiro atoms. The van der Waals surface area contributed by atoms with Crippen molar-refractivity contribution in [2.24, 2.45) is 0 Å². The first-order chi connectivity index (χ1) is 11.7. The largest absolute Gasteiger partial charge is 0.350 e. The van der Waals surface area contributed by atoms with Crippen LogP contribution in [0.5, 0.6) is 0 Å². The summed E-state index contributed by atoms with van der Waals surface area (Å²) >= 11 is 0. The summed E-state index contributed by atoms with van der Waals surface area (Å²) in [7, 11) is 0. The van der Waals surface area contributed by atoms with E-state index < -0.39 is 0 Å². The number of likely N-dealkylation sites (tertiary alicyclic amines) is 1. The number of nitrogens with zero attached hydrogens (tertiary/aromatic N) is 3. The lowest BCUT2D eigenvalue weighted by Crippen LogP contribution is -2.37. The Morgan fingerprint density at radius 2 is 2.17 bits per heavy atom. The topological polar surface area (TPSA) is 50.2 Å². The number of aromatic nitrogens is 2. The van der Waals surface area contributed by atoms with Crippen molar-refractivity contribution in [2.45, 2.75) is 44.8 Å². The van der Waals surface area contributed by atoms with Gasteiger partial charge in [-0.3, -0.25) is 14.4 Å². The highest BCUT2D eigenvalue weighted by molar-refractivity contribution is 5.76. The first-order valence-corrected chi connectivity index (χ1v) is 8.78. The standard InChI is InChI=1S/C19H26N4O/c1-16(17-7-3-2-4-8-17)21-19(24)10-14-22-12-5-9-18(22)15-23-13-6-11-20-23/h2-4,6-8,11,13,16,18H,5,9-10,12,14-15H2,1H3,(H,21,24). The van der Waals surface area contributed by atoms with Crippen LogP contribution in [0, 0.1) is 0 Å². The van der Waals surface area contributed by atoms with Crippen molar-refractivity contribution in [3.63, 3.8) is 0 Å². The van der Waals surface area contributed by atoms with Gasteiger partial charge in [-0.25, -0.2) is 0 Å². The number of hydrogen-bond donors (Lipinski definition) is 1. The van der Waals surface area contributed by atoms with Crippen LogP contribution in [0.3, 0.4) is 0 Å². The minimum Gasteiger partial charge on any atom is -0.350 e. The molecule has 3 rings (SSSR count). The minimum atomic E-state index is 0.0529. The molecular weight excluding hydrogens is 300 g/mol. The molecule has 2 atom stereocenters. The Morgan fingerprint density at radius 1 is 1.33 bits per heavy atom. The van der Waals surface area contributed by atoms with E-state index in [2.05, 4.69) is 15.3 Å². The lowest BCUT2D eigenvalue weighted by Gasteiger charge is -2.24. The Bertz CT molecular complexity index is 626. The second-order valence-corrected chi connectivity index (χ2v) is 6.51. The average Bonchev–Trinajstić information content (AvgIpc) is 3.26. The molecule has 1 aromatic heterocycles. The van der Waals surface area contributed by atoms with E-state index in [4.69, 9.17) is 0 Å².